The Morgan fingerprint density at radius 1 is 1.23 bits per heavy atom. The van der Waals surface area contributed by atoms with Crippen molar-refractivity contribution < 1.29 is 18.8 Å². The van der Waals surface area contributed by atoms with Gasteiger partial charge in [-0.05, 0) is 46.6 Å². The van der Waals surface area contributed by atoms with Gasteiger partial charge in [0.2, 0.25) is 5.88 Å². The Kier molecular flexibility index (Phi) is 8.37. The number of pyridine rings is 1. The number of ether oxygens (including phenoxy) is 2. The molecule has 0 amide bonds. The molecule has 0 saturated carbocycles. The molecule has 0 spiro atoms. The first-order valence-corrected chi connectivity index (χ1v) is 10.2. The monoisotopic (exact) mass is 384 g/mol. The zero-order valence-electron chi connectivity index (χ0n) is 17.0. The molecule has 0 aliphatic rings. The topological polar surface area (TPSA) is 83.5 Å². The average Bonchev–Trinajstić information content (AvgIpc) is 2.60. The molecule has 0 aromatic carbocycles. The minimum atomic E-state index is -1.23. The molecule has 1 rings (SSSR count). The Labute approximate surface area is 160 Å². The Bertz CT molecular complexity index is 598. The number of rotatable bonds is 9. The van der Waals surface area contributed by atoms with Crippen LogP contribution in [0.1, 0.15) is 70.4 Å². The smallest absolute Gasteiger partial charge is 0.339 e. The van der Waals surface area contributed by atoms with E-state index in [9.17, 15) is 9.35 Å². The average molecular weight is 385 g/mol. The number of esters is 1. The second-order valence-electron chi connectivity index (χ2n) is 7.22. The Morgan fingerprint density at radius 2 is 1.85 bits per heavy atom. The second-order valence-corrected chi connectivity index (χ2v) is 9.18. The number of hydrogen-bond acceptors (Lipinski definition) is 6. The van der Waals surface area contributed by atoms with Crippen molar-refractivity contribution >= 4 is 17.3 Å². The zero-order chi connectivity index (χ0) is 20.0. The highest BCUT2D eigenvalue weighted by atomic mass is 32.2. The largest absolute Gasteiger partial charge is 0.598 e. The first-order chi connectivity index (χ1) is 12.1. The Hall–Kier alpha value is -1.31. The number of nitrogens with zero attached hydrogens (tertiary/aromatic N) is 1. The van der Waals surface area contributed by atoms with Gasteiger partial charge in [0.05, 0.1) is 30.5 Å². The third kappa shape index (κ3) is 5.86. The van der Waals surface area contributed by atoms with Gasteiger partial charge in [-0.3, -0.25) is 0 Å². The van der Waals surface area contributed by atoms with Crippen molar-refractivity contribution in [2.45, 2.75) is 71.1 Å². The third-order valence-corrected chi connectivity index (χ3v) is 6.11. The maximum atomic E-state index is 12.7. The molecule has 0 saturated heterocycles. The number of aromatic nitrogens is 1. The summed E-state index contributed by atoms with van der Waals surface area (Å²) < 4.78 is 26.0. The maximum absolute atomic E-state index is 12.7. The van der Waals surface area contributed by atoms with Gasteiger partial charge in [0.25, 0.3) is 0 Å². The minimum Gasteiger partial charge on any atom is -0.598 e. The van der Waals surface area contributed by atoms with E-state index >= 15 is 0 Å². The Morgan fingerprint density at radius 3 is 2.31 bits per heavy atom. The summed E-state index contributed by atoms with van der Waals surface area (Å²) in [5, 5.41) is 0. The summed E-state index contributed by atoms with van der Waals surface area (Å²) in [5.41, 5.74) is 0.561. The summed E-state index contributed by atoms with van der Waals surface area (Å²) in [5.74, 6) is 0.0294. The quantitative estimate of drug-likeness (QED) is 0.519. The van der Waals surface area contributed by atoms with Crippen LogP contribution >= 0.6 is 0 Å². The van der Waals surface area contributed by atoms with Crippen molar-refractivity contribution in [1.29, 1.82) is 0 Å². The first-order valence-electron chi connectivity index (χ1n) is 9.03. The highest BCUT2D eigenvalue weighted by Crippen LogP contribution is 2.27. The summed E-state index contributed by atoms with van der Waals surface area (Å²) >= 11 is -1.23. The predicted octanol–water partition coefficient (Wildman–Crippen LogP) is 3.42. The highest BCUT2D eigenvalue weighted by molar-refractivity contribution is 7.90. The fraction of sp³-hybridized carbons (Fsp3) is 0.684. The second kappa shape index (κ2) is 9.58. The lowest BCUT2D eigenvalue weighted by Crippen LogP contribution is -2.54. The van der Waals surface area contributed by atoms with E-state index in [-0.39, 0.29) is 4.75 Å². The van der Waals surface area contributed by atoms with Gasteiger partial charge in [-0.15, -0.1) is 4.72 Å². The van der Waals surface area contributed by atoms with Gasteiger partial charge in [0.1, 0.15) is 4.75 Å². The van der Waals surface area contributed by atoms with Crippen molar-refractivity contribution in [3.05, 3.63) is 23.4 Å². The van der Waals surface area contributed by atoms with Gasteiger partial charge in [-0.25, -0.2) is 9.78 Å². The SMILES string of the molecule is CCOC(=O)c1ccc(OC)nc1CC(CC)(CC)N[S+]([O-])C(C)(C)C. The lowest BCUT2D eigenvalue weighted by atomic mass is 9.87. The normalized spacial score (nSPS) is 13.4. The molecule has 1 atom stereocenters. The number of carbonyl (C=O) groups excluding carboxylic acids is 1. The number of methoxy groups -OCH3 is 1. The van der Waals surface area contributed by atoms with Crippen LogP contribution in [0.4, 0.5) is 0 Å². The van der Waals surface area contributed by atoms with E-state index in [1.54, 1.807) is 19.1 Å². The molecule has 1 aromatic rings. The summed E-state index contributed by atoms with van der Waals surface area (Å²) in [6.45, 7) is 11.9. The van der Waals surface area contributed by atoms with Crippen LogP contribution in [0.2, 0.25) is 0 Å². The van der Waals surface area contributed by atoms with Crippen LogP contribution in [0.3, 0.4) is 0 Å². The summed E-state index contributed by atoms with van der Waals surface area (Å²) in [7, 11) is 1.54. The fourth-order valence-corrected chi connectivity index (χ4v) is 3.54. The molecule has 0 radical (unpaired) electrons. The lowest BCUT2D eigenvalue weighted by molar-refractivity contribution is 0.0524. The number of hydrogen-bond donors (Lipinski definition) is 1. The van der Waals surface area contributed by atoms with Crippen LogP contribution in [0.5, 0.6) is 5.88 Å². The van der Waals surface area contributed by atoms with Gasteiger partial charge in [0.15, 0.2) is 0 Å². The van der Waals surface area contributed by atoms with Crippen molar-refractivity contribution in [2.24, 2.45) is 0 Å². The molecule has 1 heterocycles. The van der Waals surface area contributed by atoms with E-state index in [1.807, 2.05) is 34.6 Å². The van der Waals surface area contributed by atoms with Crippen molar-refractivity contribution in [3.63, 3.8) is 0 Å². The fourth-order valence-electron chi connectivity index (χ4n) is 2.48. The van der Waals surface area contributed by atoms with E-state index in [2.05, 4.69) is 9.71 Å². The van der Waals surface area contributed by atoms with Crippen LogP contribution in [-0.2, 0) is 22.5 Å². The van der Waals surface area contributed by atoms with Crippen LogP contribution in [0.25, 0.3) is 0 Å². The lowest BCUT2D eigenvalue weighted by Gasteiger charge is -2.36. The molecule has 26 heavy (non-hydrogen) atoms. The molecule has 0 fully saturated rings. The summed E-state index contributed by atoms with van der Waals surface area (Å²) in [6, 6.07) is 3.33. The molecule has 7 heteroatoms. The van der Waals surface area contributed by atoms with E-state index in [0.717, 1.165) is 12.8 Å². The van der Waals surface area contributed by atoms with Crippen molar-refractivity contribution in [2.75, 3.05) is 13.7 Å². The Balaban J connectivity index is 3.26. The molecular weight excluding hydrogens is 352 g/mol. The minimum absolute atomic E-state index is 0.295. The van der Waals surface area contributed by atoms with Gasteiger partial charge >= 0.3 is 5.97 Å². The molecule has 1 aromatic heterocycles. The van der Waals surface area contributed by atoms with E-state index in [4.69, 9.17) is 9.47 Å². The molecule has 1 N–H and O–H groups in total. The van der Waals surface area contributed by atoms with Crippen LogP contribution < -0.4 is 9.46 Å². The van der Waals surface area contributed by atoms with Crippen LogP contribution in [-0.4, -0.2) is 39.5 Å². The zero-order valence-corrected chi connectivity index (χ0v) is 17.8. The van der Waals surface area contributed by atoms with E-state index in [1.165, 1.54) is 7.11 Å². The van der Waals surface area contributed by atoms with E-state index in [0.29, 0.717) is 30.2 Å². The van der Waals surface area contributed by atoms with Gasteiger partial charge in [-0.1, -0.05) is 13.8 Å². The molecule has 1 unspecified atom stereocenters. The standard InChI is InChI=1S/C19H32N2O4S/c1-8-19(9-2,21-26(23)18(4,5)6)13-15-14(17(22)25-10-3)11-12-16(20-15)24-7/h11-12,21H,8-10,13H2,1-7H3. The van der Waals surface area contributed by atoms with Gasteiger partial charge in [-0.2, -0.15) is 0 Å². The molecule has 0 aliphatic heterocycles. The molecular formula is C19H32N2O4S. The molecule has 0 bridgehead atoms. The predicted molar refractivity (Wildman–Crippen MR) is 105 cm³/mol. The third-order valence-electron chi connectivity index (χ3n) is 4.38. The number of carbonyl (C=O) groups is 1. The van der Waals surface area contributed by atoms with Gasteiger partial charge < -0.3 is 14.0 Å². The van der Waals surface area contributed by atoms with Gasteiger partial charge in [0, 0.05) is 23.8 Å². The summed E-state index contributed by atoms with van der Waals surface area (Å²) in [4.78, 5) is 16.8. The maximum Gasteiger partial charge on any atom is 0.339 e. The molecule has 148 valence electrons. The van der Waals surface area contributed by atoms with Crippen LogP contribution in [0.15, 0.2) is 12.1 Å². The summed E-state index contributed by atoms with van der Waals surface area (Å²) in [6.07, 6.45) is 1.94. The highest BCUT2D eigenvalue weighted by Gasteiger charge is 2.38. The first kappa shape index (κ1) is 22.7. The molecule has 0 aliphatic carbocycles. The van der Waals surface area contributed by atoms with Crippen LogP contribution in [0, 0.1) is 0 Å². The van der Waals surface area contributed by atoms with Crippen molar-refractivity contribution in [1.82, 2.24) is 9.71 Å². The number of nitrogens with one attached hydrogen (secondary N) is 1. The van der Waals surface area contributed by atoms with E-state index < -0.39 is 22.9 Å². The van der Waals surface area contributed by atoms with Crippen molar-refractivity contribution in [3.8, 4) is 5.88 Å². The molecule has 6 nitrogen and oxygen atoms in total.